The van der Waals surface area contributed by atoms with E-state index in [1.807, 2.05) is 24.4 Å². The van der Waals surface area contributed by atoms with Crippen LogP contribution in [0, 0.1) is 11.5 Å². The largest absolute Gasteiger partial charge is 0.367 e. The average molecular weight is 354 g/mol. The smallest absolute Gasteiger partial charge is 0.249 e. The van der Waals surface area contributed by atoms with Gasteiger partial charge >= 0.3 is 0 Å². The molecule has 9 heteroatoms. The Morgan fingerprint density at radius 1 is 1.48 bits per heavy atom. The number of H-pyrrole nitrogens is 1. The summed E-state index contributed by atoms with van der Waals surface area (Å²) in [6.45, 7) is 0.689. The molecule has 1 saturated heterocycles. The molecule has 0 aliphatic carbocycles. The van der Waals surface area contributed by atoms with E-state index in [9.17, 15) is 10.1 Å². The normalized spacial score (nSPS) is 20.5. The highest BCUT2D eigenvalue weighted by atomic mass is 32.1. The monoisotopic (exact) mass is 354 g/mol. The van der Waals surface area contributed by atoms with Crippen molar-refractivity contribution in [1.29, 1.82) is 5.26 Å². The topological polar surface area (TPSA) is 121 Å². The standard InChI is InChI=1S/C16H14N6O2S/c17-8-22-3-4-24-14(15(18)23)13(22)16-21-11-2-1-9(5-12(11)25-16)10-6-19-20-7-10/h1-2,5-7,13-14H,3-4H2,(H2,18,23)(H,19,20). The summed E-state index contributed by atoms with van der Waals surface area (Å²) in [5.74, 6) is -0.594. The first-order valence-corrected chi connectivity index (χ1v) is 8.46. The fraction of sp³-hybridized carbons (Fsp3) is 0.250. The summed E-state index contributed by atoms with van der Waals surface area (Å²) in [5.41, 5.74) is 8.26. The molecule has 0 saturated carbocycles. The molecule has 1 amide bonds. The van der Waals surface area contributed by atoms with Crippen molar-refractivity contribution in [3.63, 3.8) is 0 Å². The zero-order chi connectivity index (χ0) is 17.4. The van der Waals surface area contributed by atoms with E-state index in [2.05, 4.69) is 21.4 Å². The van der Waals surface area contributed by atoms with Gasteiger partial charge in [0.2, 0.25) is 5.91 Å². The Labute approximate surface area is 146 Å². The first kappa shape index (κ1) is 15.6. The average Bonchev–Trinajstić information content (AvgIpc) is 3.29. The number of nitrogens with two attached hydrogens (primary N) is 1. The molecule has 126 valence electrons. The van der Waals surface area contributed by atoms with Crippen molar-refractivity contribution in [3.05, 3.63) is 35.6 Å². The van der Waals surface area contributed by atoms with E-state index >= 15 is 0 Å². The van der Waals surface area contributed by atoms with Crippen molar-refractivity contribution >= 4 is 27.5 Å². The van der Waals surface area contributed by atoms with Gasteiger partial charge in [-0.3, -0.25) is 14.8 Å². The molecular formula is C16H14N6O2S. The molecule has 1 fully saturated rings. The number of fused-ring (bicyclic) bond motifs is 1. The molecule has 4 rings (SSSR count). The van der Waals surface area contributed by atoms with E-state index in [4.69, 9.17) is 10.5 Å². The maximum absolute atomic E-state index is 11.8. The van der Waals surface area contributed by atoms with Crippen LogP contribution in [0.25, 0.3) is 21.3 Å². The molecule has 1 aliphatic heterocycles. The number of aromatic amines is 1. The number of nitriles is 1. The highest BCUT2D eigenvalue weighted by Gasteiger charge is 2.39. The third kappa shape index (κ3) is 2.71. The summed E-state index contributed by atoms with van der Waals surface area (Å²) in [6.07, 6.45) is 4.80. The van der Waals surface area contributed by atoms with Crippen LogP contribution in [0.3, 0.4) is 0 Å². The van der Waals surface area contributed by atoms with Crippen molar-refractivity contribution in [2.24, 2.45) is 5.73 Å². The van der Waals surface area contributed by atoms with Gasteiger partial charge in [-0.1, -0.05) is 6.07 Å². The van der Waals surface area contributed by atoms with Gasteiger partial charge in [0.1, 0.15) is 11.0 Å². The number of carbonyl (C=O) groups excluding carboxylic acids is 1. The molecule has 0 bridgehead atoms. The predicted octanol–water partition coefficient (Wildman–Crippen LogP) is 1.39. The molecule has 3 heterocycles. The molecule has 0 spiro atoms. The maximum atomic E-state index is 11.8. The Balaban J connectivity index is 1.77. The Morgan fingerprint density at radius 3 is 3.08 bits per heavy atom. The number of carbonyl (C=O) groups is 1. The summed E-state index contributed by atoms with van der Waals surface area (Å²) in [5, 5.41) is 16.8. The van der Waals surface area contributed by atoms with Gasteiger partial charge in [-0.25, -0.2) is 4.98 Å². The van der Waals surface area contributed by atoms with Crippen molar-refractivity contribution in [2.45, 2.75) is 12.1 Å². The number of hydrogen-bond donors (Lipinski definition) is 2. The molecule has 1 aliphatic rings. The van der Waals surface area contributed by atoms with Gasteiger partial charge in [-0.2, -0.15) is 10.4 Å². The number of ether oxygens (including phenoxy) is 1. The Hall–Kier alpha value is -2.96. The summed E-state index contributed by atoms with van der Waals surface area (Å²) in [6, 6.07) is 5.30. The number of hydrogen-bond acceptors (Lipinski definition) is 7. The number of rotatable bonds is 3. The van der Waals surface area contributed by atoms with E-state index in [0.717, 1.165) is 21.3 Å². The van der Waals surface area contributed by atoms with Crippen LogP contribution in [0.4, 0.5) is 0 Å². The van der Waals surface area contributed by atoms with Crippen molar-refractivity contribution in [3.8, 4) is 17.3 Å². The third-order valence-corrected chi connectivity index (χ3v) is 5.24. The van der Waals surface area contributed by atoms with Gasteiger partial charge in [0.15, 0.2) is 12.3 Å². The lowest BCUT2D eigenvalue weighted by Gasteiger charge is -2.35. The second-order valence-corrected chi connectivity index (χ2v) is 6.72. The number of nitrogens with zero attached hydrogens (tertiary/aromatic N) is 4. The van der Waals surface area contributed by atoms with Crippen LogP contribution in [-0.4, -0.2) is 45.2 Å². The van der Waals surface area contributed by atoms with Gasteiger partial charge in [0.05, 0.1) is 29.6 Å². The lowest BCUT2D eigenvalue weighted by atomic mass is 10.1. The number of morpholine rings is 1. The number of amides is 1. The molecule has 3 aromatic rings. The minimum atomic E-state index is -0.887. The van der Waals surface area contributed by atoms with E-state index < -0.39 is 18.1 Å². The van der Waals surface area contributed by atoms with E-state index in [1.165, 1.54) is 16.2 Å². The van der Waals surface area contributed by atoms with E-state index in [0.29, 0.717) is 11.6 Å². The molecule has 0 radical (unpaired) electrons. The zero-order valence-electron chi connectivity index (χ0n) is 13.0. The number of primary amides is 1. The van der Waals surface area contributed by atoms with Crippen LogP contribution in [0.1, 0.15) is 11.0 Å². The number of nitrogens with one attached hydrogen (secondary N) is 1. The van der Waals surface area contributed by atoms with Crippen LogP contribution in [0.5, 0.6) is 0 Å². The molecule has 3 N–H and O–H groups in total. The SMILES string of the molecule is N#CN1CCOC(C(N)=O)C1c1nc2ccc(-c3cn[nH]c3)cc2s1. The van der Waals surface area contributed by atoms with Gasteiger partial charge in [0.25, 0.3) is 0 Å². The van der Waals surface area contributed by atoms with Crippen LogP contribution in [0.15, 0.2) is 30.6 Å². The Morgan fingerprint density at radius 2 is 2.36 bits per heavy atom. The van der Waals surface area contributed by atoms with Crippen molar-refractivity contribution < 1.29 is 9.53 Å². The fourth-order valence-electron chi connectivity index (χ4n) is 2.94. The Bertz CT molecular complexity index is 961. The molecule has 2 unspecified atom stereocenters. The van der Waals surface area contributed by atoms with Crippen LogP contribution < -0.4 is 5.73 Å². The lowest BCUT2D eigenvalue weighted by molar-refractivity contribution is -0.139. The van der Waals surface area contributed by atoms with Gasteiger partial charge in [-0.05, 0) is 17.7 Å². The second kappa shape index (κ2) is 6.16. The summed E-state index contributed by atoms with van der Waals surface area (Å²) >= 11 is 1.43. The van der Waals surface area contributed by atoms with Crippen molar-refractivity contribution in [2.75, 3.05) is 13.2 Å². The van der Waals surface area contributed by atoms with Crippen LogP contribution in [-0.2, 0) is 9.53 Å². The minimum absolute atomic E-state index is 0.285. The van der Waals surface area contributed by atoms with Gasteiger partial charge < -0.3 is 10.5 Å². The van der Waals surface area contributed by atoms with Gasteiger partial charge in [-0.15, -0.1) is 11.3 Å². The van der Waals surface area contributed by atoms with Crippen LogP contribution >= 0.6 is 11.3 Å². The number of aromatic nitrogens is 3. The van der Waals surface area contributed by atoms with E-state index in [1.54, 1.807) is 6.20 Å². The molecule has 2 atom stereocenters. The van der Waals surface area contributed by atoms with Crippen LogP contribution in [0.2, 0.25) is 0 Å². The lowest BCUT2D eigenvalue weighted by Crippen LogP contribution is -2.48. The van der Waals surface area contributed by atoms with E-state index in [-0.39, 0.29) is 6.61 Å². The third-order valence-electron chi connectivity index (χ3n) is 4.15. The maximum Gasteiger partial charge on any atom is 0.249 e. The highest BCUT2D eigenvalue weighted by molar-refractivity contribution is 7.18. The summed E-state index contributed by atoms with van der Waals surface area (Å²) in [7, 11) is 0. The summed E-state index contributed by atoms with van der Waals surface area (Å²) < 4.78 is 6.46. The number of benzene rings is 1. The minimum Gasteiger partial charge on any atom is -0.367 e. The Kier molecular flexibility index (Phi) is 3.83. The molecular weight excluding hydrogens is 340 g/mol. The molecule has 2 aromatic heterocycles. The fourth-order valence-corrected chi connectivity index (χ4v) is 4.09. The summed E-state index contributed by atoms with van der Waals surface area (Å²) in [4.78, 5) is 17.9. The van der Waals surface area contributed by atoms with Gasteiger partial charge in [0, 0.05) is 11.8 Å². The molecule has 8 nitrogen and oxygen atoms in total. The quantitative estimate of drug-likeness (QED) is 0.686. The molecule has 25 heavy (non-hydrogen) atoms. The first-order valence-electron chi connectivity index (χ1n) is 7.64. The predicted molar refractivity (Wildman–Crippen MR) is 91.2 cm³/mol. The zero-order valence-corrected chi connectivity index (χ0v) is 13.9. The van der Waals surface area contributed by atoms with Crippen molar-refractivity contribution in [1.82, 2.24) is 20.1 Å². The number of thiazole rings is 1. The highest BCUT2D eigenvalue weighted by Crippen LogP contribution is 2.36. The first-order chi connectivity index (χ1) is 12.2. The molecule has 1 aromatic carbocycles. The second-order valence-electron chi connectivity index (χ2n) is 5.65.